The second kappa shape index (κ2) is 6.98. The summed E-state index contributed by atoms with van der Waals surface area (Å²) in [6, 6.07) is 4.70. The van der Waals surface area contributed by atoms with Crippen molar-refractivity contribution in [2.24, 2.45) is 11.1 Å². The van der Waals surface area contributed by atoms with Crippen LogP contribution in [0.15, 0.2) is 30.9 Å². The van der Waals surface area contributed by atoms with Gasteiger partial charge >= 0.3 is 0 Å². The van der Waals surface area contributed by atoms with E-state index in [-0.39, 0.29) is 47.7 Å². The van der Waals surface area contributed by atoms with E-state index in [1.807, 2.05) is 0 Å². The molecule has 2 heterocycles. The predicted octanol–water partition coefficient (Wildman–Crippen LogP) is 1.70. The van der Waals surface area contributed by atoms with Crippen LogP contribution < -0.4 is 5.73 Å². The van der Waals surface area contributed by atoms with Crippen LogP contribution in [-0.2, 0) is 0 Å². The van der Waals surface area contributed by atoms with Crippen molar-refractivity contribution < 1.29 is 14.4 Å². The Balaban J connectivity index is 0.00000225. The van der Waals surface area contributed by atoms with Crippen molar-refractivity contribution >= 4 is 30.1 Å². The van der Waals surface area contributed by atoms with E-state index in [9.17, 15) is 14.4 Å². The van der Waals surface area contributed by atoms with E-state index in [0.29, 0.717) is 30.8 Å². The molecule has 0 aliphatic carbocycles. The molecule has 1 unspecified atom stereocenters. The summed E-state index contributed by atoms with van der Waals surface area (Å²) in [4.78, 5) is 40.2. The first kappa shape index (κ1) is 19.1. The van der Waals surface area contributed by atoms with Crippen LogP contribution in [0.5, 0.6) is 0 Å². The zero-order valence-corrected chi connectivity index (χ0v) is 15.0. The third kappa shape index (κ3) is 3.19. The number of benzene rings is 1. The van der Waals surface area contributed by atoms with Gasteiger partial charge in [-0.05, 0) is 36.6 Å². The van der Waals surface area contributed by atoms with Gasteiger partial charge in [-0.15, -0.1) is 19.0 Å². The van der Waals surface area contributed by atoms with Crippen LogP contribution in [0.4, 0.5) is 0 Å². The standard InChI is InChI=1S/C18H21N3O3.ClH/c1-3-7-21-16(23)13-5-4-12(9-14(13)17(21)24)15(22)20-8-6-18(2,10-19)11-20;/h3-5,9H,1,6-8,10-11,19H2,2H3;1H. The van der Waals surface area contributed by atoms with E-state index in [4.69, 9.17) is 5.73 Å². The number of halogens is 1. The SMILES string of the molecule is C=CCN1C(=O)c2ccc(C(=O)N3CCC(C)(CN)C3)cc2C1=O.Cl. The van der Waals surface area contributed by atoms with Gasteiger partial charge in [0.1, 0.15) is 0 Å². The molecule has 134 valence electrons. The molecule has 7 heteroatoms. The molecule has 2 aliphatic heterocycles. The summed E-state index contributed by atoms with van der Waals surface area (Å²) in [5, 5.41) is 0. The van der Waals surface area contributed by atoms with Gasteiger partial charge in [0.15, 0.2) is 0 Å². The smallest absolute Gasteiger partial charge is 0.261 e. The molecule has 0 radical (unpaired) electrons. The summed E-state index contributed by atoms with van der Waals surface area (Å²) in [7, 11) is 0. The third-order valence-corrected chi connectivity index (χ3v) is 4.87. The summed E-state index contributed by atoms with van der Waals surface area (Å²) in [5.74, 6) is -0.846. The van der Waals surface area contributed by atoms with Gasteiger partial charge in [-0.25, -0.2) is 0 Å². The summed E-state index contributed by atoms with van der Waals surface area (Å²) in [5.41, 5.74) is 6.78. The third-order valence-electron chi connectivity index (χ3n) is 4.87. The van der Waals surface area contributed by atoms with E-state index in [0.717, 1.165) is 11.3 Å². The number of fused-ring (bicyclic) bond motifs is 1. The first-order valence-corrected chi connectivity index (χ1v) is 8.01. The fourth-order valence-corrected chi connectivity index (χ4v) is 3.26. The molecule has 0 aromatic heterocycles. The van der Waals surface area contributed by atoms with Gasteiger partial charge < -0.3 is 10.6 Å². The average molecular weight is 364 g/mol. The number of amides is 3. The summed E-state index contributed by atoms with van der Waals surface area (Å²) >= 11 is 0. The van der Waals surface area contributed by atoms with Gasteiger partial charge in [-0.1, -0.05) is 13.0 Å². The lowest BCUT2D eigenvalue weighted by molar-refractivity contribution is 0.0671. The number of hydrogen-bond donors (Lipinski definition) is 1. The molecular formula is C18H22ClN3O3. The van der Waals surface area contributed by atoms with Crippen LogP contribution in [0.2, 0.25) is 0 Å². The van der Waals surface area contributed by atoms with Gasteiger partial charge in [-0.2, -0.15) is 0 Å². The molecule has 6 nitrogen and oxygen atoms in total. The summed E-state index contributed by atoms with van der Waals surface area (Å²) < 4.78 is 0. The minimum Gasteiger partial charge on any atom is -0.338 e. The van der Waals surface area contributed by atoms with Crippen LogP contribution in [-0.4, -0.2) is 53.7 Å². The number of nitrogens with two attached hydrogens (primary N) is 1. The lowest BCUT2D eigenvalue weighted by Crippen LogP contribution is -2.34. The van der Waals surface area contributed by atoms with Gasteiger partial charge in [0.2, 0.25) is 0 Å². The highest BCUT2D eigenvalue weighted by atomic mass is 35.5. The molecule has 1 saturated heterocycles. The lowest BCUT2D eigenvalue weighted by Gasteiger charge is -2.22. The van der Waals surface area contributed by atoms with Gasteiger partial charge in [-0.3, -0.25) is 19.3 Å². The molecule has 1 fully saturated rings. The highest BCUT2D eigenvalue weighted by Crippen LogP contribution is 2.30. The quantitative estimate of drug-likeness (QED) is 0.652. The normalized spacial score (nSPS) is 22.0. The Morgan fingerprint density at radius 2 is 2.00 bits per heavy atom. The molecule has 1 atom stereocenters. The second-order valence-corrected chi connectivity index (χ2v) is 6.76. The first-order chi connectivity index (χ1) is 11.4. The fourth-order valence-electron chi connectivity index (χ4n) is 3.26. The molecule has 1 aromatic carbocycles. The average Bonchev–Trinajstić information content (AvgIpc) is 3.09. The predicted molar refractivity (Wildman–Crippen MR) is 96.9 cm³/mol. The monoisotopic (exact) mass is 363 g/mol. The van der Waals surface area contributed by atoms with Gasteiger partial charge in [0.05, 0.1) is 11.1 Å². The lowest BCUT2D eigenvalue weighted by atomic mass is 9.90. The molecule has 3 amide bonds. The Bertz CT molecular complexity index is 749. The molecule has 3 rings (SSSR count). The molecule has 25 heavy (non-hydrogen) atoms. The van der Waals surface area contributed by atoms with Gasteiger partial charge in [0.25, 0.3) is 17.7 Å². The second-order valence-electron chi connectivity index (χ2n) is 6.76. The molecular weight excluding hydrogens is 342 g/mol. The molecule has 0 spiro atoms. The maximum atomic E-state index is 12.7. The Morgan fingerprint density at radius 3 is 2.60 bits per heavy atom. The van der Waals surface area contributed by atoms with Crippen LogP contribution in [0, 0.1) is 5.41 Å². The largest absolute Gasteiger partial charge is 0.338 e. The van der Waals surface area contributed by atoms with E-state index in [2.05, 4.69) is 13.5 Å². The fraction of sp³-hybridized carbons (Fsp3) is 0.389. The number of nitrogens with zero attached hydrogens (tertiary/aromatic N) is 2. The zero-order valence-electron chi connectivity index (χ0n) is 14.2. The van der Waals surface area contributed by atoms with Crippen molar-refractivity contribution in [2.45, 2.75) is 13.3 Å². The van der Waals surface area contributed by atoms with Crippen molar-refractivity contribution in [3.8, 4) is 0 Å². The van der Waals surface area contributed by atoms with E-state index in [1.165, 1.54) is 12.1 Å². The number of rotatable bonds is 4. The van der Waals surface area contributed by atoms with Crippen molar-refractivity contribution in [3.05, 3.63) is 47.5 Å². The van der Waals surface area contributed by atoms with Crippen molar-refractivity contribution in [2.75, 3.05) is 26.2 Å². The number of imide groups is 1. The summed E-state index contributed by atoms with van der Waals surface area (Å²) in [6.45, 7) is 7.58. The van der Waals surface area contributed by atoms with Crippen LogP contribution in [0.25, 0.3) is 0 Å². The van der Waals surface area contributed by atoms with E-state index >= 15 is 0 Å². The maximum absolute atomic E-state index is 12.7. The molecule has 2 aliphatic rings. The van der Waals surface area contributed by atoms with E-state index < -0.39 is 0 Å². The maximum Gasteiger partial charge on any atom is 0.261 e. The minimum atomic E-state index is -0.377. The molecule has 2 N–H and O–H groups in total. The molecule has 0 saturated carbocycles. The Hall–Kier alpha value is -2.18. The van der Waals surface area contributed by atoms with Crippen LogP contribution in [0.1, 0.15) is 44.4 Å². The Kier molecular flexibility index (Phi) is 5.34. The highest BCUT2D eigenvalue weighted by Gasteiger charge is 2.38. The zero-order chi connectivity index (χ0) is 17.5. The van der Waals surface area contributed by atoms with Crippen LogP contribution in [0.3, 0.4) is 0 Å². The Morgan fingerprint density at radius 1 is 1.32 bits per heavy atom. The van der Waals surface area contributed by atoms with E-state index in [1.54, 1.807) is 17.0 Å². The molecule has 0 bridgehead atoms. The minimum absolute atomic E-state index is 0. The molecule has 1 aromatic rings. The number of carbonyl (C=O) groups is 3. The van der Waals surface area contributed by atoms with Crippen molar-refractivity contribution in [3.63, 3.8) is 0 Å². The number of hydrogen-bond acceptors (Lipinski definition) is 4. The first-order valence-electron chi connectivity index (χ1n) is 8.01. The summed E-state index contributed by atoms with van der Waals surface area (Å²) in [6.07, 6.45) is 2.37. The number of carbonyl (C=O) groups excluding carboxylic acids is 3. The van der Waals surface area contributed by atoms with Crippen LogP contribution >= 0.6 is 12.4 Å². The van der Waals surface area contributed by atoms with Crippen molar-refractivity contribution in [1.29, 1.82) is 0 Å². The Labute approximate surface area is 153 Å². The highest BCUT2D eigenvalue weighted by molar-refractivity contribution is 6.22. The van der Waals surface area contributed by atoms with Gasteiger partial charge in [0, 0.05) is 25.2 Å². The topological polar surface area (TPSA) is 83.7 Å². The van der Waals surface area contributed by atoms with Crippen molar-refractivity contribution in [1.82, 2.24) is 9.80 Å². The number of likely N-dealkylation sites (tertiary alicyclic amines) is 1.